The van der Waals surface area contributed by atoms with Crippen molar-refractivity contribution in [2.45, 2.75) is 189 Å². The third-order valence-electron chi connectivity index (χ3n) is 9.54. The molecular weight excluding hydrogens is 583 g/mol. The minimum atomic E-state index is -1.65. The number of unbranched alkanes of at least 4 members (excludes halogenated alkanes) is 9. The van der Waals surface area contributed by atoms with Crippen LogP contribution in [0, 0.1) is 0 Å². The summed E-state index contributed by atoms with van der Waals surface area (Å²) in [5, 5.41) is 0. The first-order valence-corrected chi connectivity index (χ1v) is 19.5. The van der Waals surface area contributed by atoms with Gasteiger partial charge in [-0.2, -0.15) is 0 Å². The number of hydrogen-bond acceptors (Lipinski definition) is 3. The van der Waals surface area contributed by atoms with E-state index in [1.54, 1.807) is 0 Å². The summed E-state index contributed by atoms with van der Waals surface area (Å²) in [5.74, 6) is 1.99. The van der Waals surface area contributed by atoms with Gasteiger partial charge in [0, 0.05) is 28.2 Å². The smallest absolute Gasteiger partial charge is 0.417 e. The molecule has 0 unspecified atom stereocenters. The highest BCUT2D eigenvalue weighted by molar-refractivity contribution is 7.42. The Bertz CT molecular complexity index is 1180. The molecule has 0 saturated carbocycles. The lowest BCUT2D eigenvalue weighted by atomic mass is 9.74. The molecule has 0 spiro atoms. The predicted octanol–water partition coefficient (Wildman–Crippen LogP) is 14.0. The van der Waals surface area contributed by atoms with Gasteiger partial charge < -0.3 is 9.05 Å². The molecule has 3 nitrogen and oxygen atoms in total. The van der Waals surface area contributed by atoms with E-state index in [-0.39, 0.29) is 27.6 Å². The van der Waals surface area contributed by atoms with E-state index in [2.05, 4.69) is 121 Å². The van der Waals surface area contributed by atoms with E-state index in [1.165, 1.54) is 91.2 Å². The lowest BCUT2D eigenvalue weighted by Gasteiger charge is -2.36. The lowest BCUT2D eigenvalue weighted by Crippen LogP contribution is -2.23. The van der Waals surface area contributed by atoms with Gasteiger partial charge in [0.05, 0.1) is 6.61 Å². The average Bonchev–Trinajstić information content (AvgIpc) is 2.92. The number of rotatable bonds is 12. The van der Waals surface area contributed by atoms with Crippen molar-refractivity contribution in [1.82, 2.24) is 0 Å². The second-order valence-electron chi connectivity index (χ2n) is 18.0. The van der Waals surface area contributed by atoms with E-state index in [9.17, 15) is 0 Å². The Labute approximate surface area is 286 Å². The van der Waals surface area contributed by atoms with Gasteiger partial charge in [-0.1, -0.05) is 179 Å². The highest BCUT2D eigenvalue weighted by atomic mass is 31.2. The van der Waals surface area contributed by atoms with Crippen molar-refractivity contribution in [3.05, 3.63) is 57.6 Å². The molecule has 3 rings (SSSR count). The van der Waals surface area contributed by atoms with Crippen LogP contribution in [0.1, 0.15) is 200 Å². The Morgan fingerprint density at radius 3 is 1.26 bits per heavy atom. The summed E-state index contributed by atoms with van der Waals surface area (Å²) in [6, 6.07) is 9.55. The van der Waals surface area contributed by atoms with Gasteiger partial charge in [0.15, 0.2) is 0 Å². The standard InChI is InChI=1S/C42H69O3P/c1-15-16-17-18-19-20-21-22-23-24-25-43-46-44-37-33(26-31(39(3,4)5)28-35(37)41(9,10)11)30(2)34-27-32(40(6,7)8)29-36(38(34)45-46)42(12,13)14/h26-30H,15-25H2,1-14H3. The maximum Gasteiger partial charge on any atom is 0.463 e. The zero-order valence-corrected chi connectivity index (χ0v) is 33.2. The summed E-state index contributed by atoms with van der Waals surface area (Å²) in [7, 11) is -1.65. The van der Waals surface area contributed by atoms with Crippen molar-refractivity contribution in [2.75, 3.05) is 6.61 Å². The summed E-state index contributed by atoms with van der Waals surface area (Å²) in [5.41, 5.74) is 7.43. The predicted molar refractivity (Wildman–Crippen MR) is 201 cm³/mol. The maximum absolute atomic E-state index is 6.97. The van der Waals surface area contributed by atoms with Crippen molar-refractivity contribution in [3.63, 3.8) is 0 Å². The molecule has 1 aliphatic heterocycles. The minimum absolute atomic E-state index is 0.0109. The lowest BCUT2D eigenvalue weighted by molar-refractivity contribution is 0.252. The van der Waals surface area contributed by atoms with Gasteiger partial charge in [0.2, 0.25) is 0 Å². The van der Waals surface area contributed by atoms with Gasteiger partial charge in [-0.25, -0.2) is 0 Å². The first-order valence-electron chi connectivity index (χ1n) is 18.4. The van der Waals surface area contributed by atoms with Gasteiger partial charge in [0.1, 0.15) is 11.5 Å². The van der Waals surface area contributed by atoms with Crippen LogP contribution in [0.3, 0.4) is 0 Å². The Hall–Kier alpha value is -1.57. The van der Waals surface area contributed by atoms with E-state index < -0.39 is 8.60 Å². The molecule has 0 fully saturated rings. The van der Waals surface area contributed by atoms with Crippen LogP contribution in [-0.2, 0) is 26.2 Å². The maximum atomic E-state index is 6.97. The molecule has 46 heavy (non-hydrogen) atoms. The third-order valence-corrected chi connectivity index (χ3v) is 10.6. The van der Waals surface area contributed by atoms with Crippen molar-refractivity contribution in [1.29, 1.82) is 0 Å². The molecule has 0 aromatic heterocycles. The molecule has 0 atom stereocenters. The Morgan fingerprint density at radius 1 is 0.543 bits per heavy atom. The first-order chi connectivity index (χ1) is 21.2. The van der Waals surface area contributed by atoms with Crippen molar-refractivity contribution >= 4 is 8.60 Å². The van der Waals surface area contributed by atoms with Crippen molar-refractivity contribution < 1.29 is 13.6 Å². The quantitative estimate of drug-likeness (QED) is 0.169. The van der Waals surface area contributed by atoms with Crippen LogP contribution >= 0.6 is 8.60 Å². The van der Waals surface area contributed by atoms with Gasteiger partial charge >= 0.3 is 8.60 Å². The molecule has 1 heterocycles. The largest absolute Gasteiger partial charge is 0.463 e. The summed E-state index contributed by atoms with van der Waals surface area (Å²) < 4.78 is 20.5. The number of fused-ring (bicyclic) bond motifs is 2. The summed E-state index contributed by atoms with van der Waals surface area (Å²) in [6.45, 7) is 32.9. The highest BCUT2D eigenvalue weighted by Gasteiger charge is 2.37. The highest BCUT2D eigenvalue weighted by Crippen LogP contribution is 2.56. The van der Waals surface area contributed by atoms with Gasteiger partial charge in [-0.05, 0) is 39.2 Å². The topological polar surface area (TPSA) is 27.7 Å². The average molecular weight is 653 g/mol. The molecule has 2 aromatic carbocycles. The Morgan fingerprint density at radius 2 is 0.913 bits per heavy atom. The van der Waals surface area contributed by atoms with Crippen LogP contribution < -0.4 is 9.05 Å². The van der Waals surface area contributed by atoms with Crippen LogP contribution in [-0.4, -0.2) is 6.61 Å². The molecule has 0 radical (unpaired) electrons. The third kappa shape index (κ3) is 10.5. The van der Waals surface area contributed by atoms with Gasteiger partial charge in [0.25, 0.3) is 0 Å². The fourth-order valence-electron chi connectivity index (χ4n) is 6.25. The summed E-state index contributed by atoms with van der Waals surface area (Å²) in [6.07, 6.45) is 13.0. The molecule has 0 aliphatic carbocycles. The zero-order chi connectivity index (χ0) is 34.5. The van der Waals surface area contributed by atoms with E-state index in [1.807, 2.05) is 0 Å². The SMILES string of the molecule is CCCCCCCCCCCCOP1Oc2c(cc(C(C)(C)C)cc2C(C)(C)C)C(C)c2cc(C(C)(C)C)cc(C(C)(C)C)c2O1. The Balaban J connectivity index is 2.02. The summed E-state index contributed by atoms with van der Waals surface area (Å²) >= 11 is 0. The van der Waals surface area contributed by atoms with Gasteiger partial charge in [-0.3, -0.25) is 4.52 Å². The monoisotopic (exact) mass is 652 g/mol. The first kappa shape index (κ1) is 38.9. The summed E-state index contributed by atoms with van der Waals surface area (Å²) in [4.78, 5) is 0. The molecule has 2 aromatic rings. The molecule has 260 valence electrons. The molecule has 0 amide bonds. The van der Waals surface area contributed by atoms with Crippen LogP contribution in [0.2, 0.25) is 0 Å². The van der Waals surface area contributed by atoms with Gasteiger partial charge in [-0.15, -0.1) is 0 Å². The Kier molecular flexibility index (Phi) is 13.3. The second kappa shape index (κ2) is 15.8. The molecular formula is C42H69O3P. The fourth-order valence-corrected chi connectivity index (χ4v) is 7.37. The van der Waals surface area contributed by atoms with E-state index >= 15 is 0 Å². The normalized spacial score (nSPS) is 17.4. The van der Waals surface area contributed by atoms with Crippen LogP contribution in [0.25, 0.3) is 0 Å². The molecule has 0 N–H and O–H groups in total. The van der Waals surface area contributed by atoms with E-state index in [0.717, 1.165) is 17.9 Å². The minimum Gasteiger partial charge on any atom is -0.417 e. The molecule has 0 saturated heterocycles. The van der Waals surface area contributed by atoms with Crippen molar-refractivity contribution in [2.24, 2.45) is 0 Å². The van der Waals surface area contributed by atoms with Crippen LogP contribution in [0.4, 0.5) is 0 Å². The molecule has 4 heteroatoms. The fraction of sp³-hybridized carbons (Fsp3) is 0.714. The van der Waals surface area contributed by atoms with Crippen molar-refractivity contribution in [3.8, 4) is 11.5 Å². The molecule has 0 bridgehead atoms. The van der Waals surface area contributed by atoms with E-state index in [4.69, 9.17) is 13.6 Å². The van der Waals surface area contributed by atoms with Crippen LogP contribution in [0.15, 0.2) is 24.3 Å². The molecule has 1 aliphatic rings. The number of benzene rings is 2. The van der Waals surface area contributed by atoms with Crippen LogP contribution in [0.5, 0.6) is 11.5 Å². The second-order valence-corrected chi connectivity index (χ2v) is 19.1. The van der Waals surface area contributed by atoms with E-state index in [0.29, 0.717) is 6.61 Å². The zero-order valence-electron chi connectivity index (χ0n) is 32.3. The number of hydrogen-bond donors (Lipinski definition) is 0.